The molecule has 6 nitrogen and oxygen atoms in total. The number of rotatable bonds is 7. The molecule has 0 spiro atoms. The molecule has 0 aromatic heterocycles. The first kappa shape index (κ1) is 18.7. The van der Waals surface area contributed by atoms with Crippen molar-refractivity contribution in [2.45, 2.75) is 38.6 Å². The van der Waals surface area contributed by atoms with Crippen LogP contribution >= 0.6 is 0 Å². The zero-order chi connectivity index (χ0) is 18.4. The number of hydrogen-bond donors (Lipinski definition) is 1. The Labute approximate surface area is 155 Å². The van der Waals surface area contributed by atoms with Crippen LogP contribution in [0.2, 0.25) is 0 Å². The van der Waals surface area contributed by atoms with E-state index in [1.54, 1.807) is 0 Å². The summed E-state index contributed by atoms with van der Waals surface area (Å²) >= 11 is 0. The Bertz CT molecular complexity index is 611. The van der Waals surface area contributed by atoms with Crippen molar-refractivity contribution >= 4 is 11.8 Å². The summed E-state index contributed by atoms with van der Waals surface area (Å²) in [6.07, 6.45) is 4.26. The Morgan fingerprint density at radius 3 is 2.54 bits per heavy atom. The van der Waals surface area contributed by atoms with Gasteiger partial charge in [-0.15, -0.1) is 0 Å². The summed E-state index contributed by atoms with van der Waals surface area (Å²) in [5.41, 5.74) is 1.21. The van der Waals surface area contributed by atoms with Crippen LogP contribution in [0.25, 0.3) is 0 Å². The van der Waals surface area contributed by atoms with E-state index in [1.165, 1.54) is 5.56 Å². The quantitative estimate of drug-likeness (QED) is 0.808. The molecule has 0 saturated carbocycles. The van der Waals surface area contributed by atoms with Gasteiger partial charge in [0, 0.05) is 19.1 Å². The second-order valence-electron chi connectivity index (χ2n) is 7.00. The van der Waals surface area contributed by atoms with Crippen LogP contribution in [0.1, 0.15) is 44.2 Å². The molecule has 1 aromatic carbocycles. The minimum Gasteiger partial charge on any atom is -0.494 e. The topological polar surface area (TPSA) is 61.9 Å². The number of hydrogen-bond acceptors (Lipinski definition) is 4. The minimum absolute atomic E-state index is 0.0281. The molecule has 2 saturated heterocycles. The summed E-state index contributed by atoms with van der Waals surface area (Å²) in [4.78, 5) is 28.4. The fraction of sp³-hybridized carbons (Fsp3) is 0.600. The smallest absolute Gasteiger partial charge is 0.241 e. The maximum atomic E-state index is 12.3. The molecule has 3 rings (SSSR count). The lowest BCUT2D eigenvalue weighted by Gasteiger charge is -2.24. The predicted octanol–water partition coefficient (Wildman–Crippen LogP) is 1.96. The Hall–Kier alpha value is -2.08. The Kier molecular flexibility index (Phi) is 6.50. The third kappa shape index (κ3) is 4.75. The lowest BCUT2D eigenvalue weighted by Crippen LogP contribution is -2.42. The first-order valence-corrected chi connectivity index (χ1v) is 9.68. The number of ether oxygens (including phenoxy) is 1. The Morgan fingerprint density at radius 2 is 1.85 bits per heavy atom. The Balaban J connectivity index is 1.49. The summed E-state index contributed by atoms with van der Waals surface area (Å²) in [6, 6.07) is 8.41. The summed E-state index contributed by atoms with van der Waals surface area (Å²) in [5, 5.41) is 2.79. The van der Waals surface area contributed by atoms with E-state index in [0.29, 0.717) is 13.2 Å². The van der Waals surface area contributed by atoms with Gasteiger partial charge < -0.3 is 15.0 Å². The summed E-state index contributed by atoms with van der Waals surface area (Å²) < 4.78 is 5.50. The van der Waals surface area contributed by atoms with E-state index >= 15 is 0 Å². The largest absolute Gasteiger partial charge is 0.494 e. The van der Waals surface area contributed by atoms with Gasteiger partial charge in [0.1, 0.15) is 5.75 Å². The second kappa shape index (κ2) is 9.03. The van der Waals surface area contributed by atoms with Crippen molar-refractivity contribution in [1.29, 1.82) is 0 Å². The van der Waals surface area contributed by atoms with Gasteiger partial charge in [0.15, 0.2) is 0 Å². The average molecular weight is 359 g/mol. The molecule has 2 aliphatic rings. The SMILES string of the molecule is CCOc1ccc(C2CCCN2CC(=O)NCC(=O)N2CCCC2)cc1. The minimum atomic E-state index is -0.0737. The van der Waals surface area contributed by atoms with E-state index in [-0.39, 0.29) is 24.4 Å². The summed E-state index contributed by atoms with van der Waals surface area (Å²) in [6.45, 7) is 5.63. The van der Waals surface area contributed by atoms with Crippen molar-refractivity contribution in [3.63, 3.8) is 0 Å². The lowest BCUT2D eigenvalue weighted by atomic mass is 10.0. The molecule has 1 N–H and O–H groups in total. The Morgan fingerprint density at radius 1 is 1.12 bits per heavy atom. The number of amides is 2. The molecule has 1 atom stereocenters. The van der Waals surface area contributed by atoms with Crippen molar-refractivity contribution in [1.82, 2.24) is 15.1 Å². The van der Waals surface area contributed by atoms with Crippen molar-refractivity contribution < 1.29 is 14.3 Å². The number of likely N-dealkylation sites (tertiary alicyclic amines) is 2. The van der Waals surface area contributed by atoms with Crippen LogP contribution < -0.4 is 10.1 Å². The van der Waals surface area contributed by atoms with E-state index in [2.05, 4.69) is 22.3 Å². The highest BCUT2D eigenvalue weighted by atomic mass is 16.5. The molecule has 6 heteroatoms. The third-order valence-corrected chi connectivity index (χ3v) is 5.18. The molecular weight excluding hydrogens is 330 g/mol. The molecule has 0 aliphatic carbocycles. The predicted molar refractivity (Wildman–Crippen MR) is 100.0 cm³/mol. The third-order valence-electron chi connectivity index (χ3n) is 5.18. The number of benzene rings is 1. The zero-order valence-electron chi connectivity index (χ0n) is 15.6. The molecule has 0 radical (unpaired) electrons. The highest BCUT2D eigenvalue weighted by Gasteiger charge is 2.28. The number of nitrogens with one attached hydrogen (secondary N) is 1. The first-order chi connectivity index (χ1) is 12.7. The van der Waals surface area contributed by atoms with Gasteiger partial charge in [-0.25, -0.2) is 0 Å². The van der Waals surface area contributed by atoms with Gasteiger partial charge in [0.2, 0.25) is 11.8 Å². The fourth-order valence-electron chi connectivity index (χ4n) is 3.84. The molecule has 1 unspecified atom stereocenters. The molecular formula is C20H29N3O3. The zero-order valence-corrected chi connectivity index (χ0v) is 15.6. The van der Waals surface area contributed by atoms with Gasteiger partial charge in [-0.1, -0.05) is 12.1 Å². The summed E-state index contributed by atoms with van der Waals surface area (Å²) in [7, 11) is 0. The maximum absolute atomic E-state index is 12.3. The number of carbonyl (C=O) groups excluding carboxylic acids is 2. The highest BCUT2D eigenvalue weighted by molar-refractivity contribution is 5.85. The van der Waals surface area contributed by atoms with Gasteiger partial charge in [0.05, 0.1) is 19.7 Å². The lowest BCUT2D eigenvalue weighted by molar-refractivity contribution is -0.132. The monoisotopic (exact) mass is 359 g/mol. The van der Waals surface area contributed by atoms with Gasteiger partial charge in [-0.3, -0.25) is 14.5 Å². The van der Waals surface area contributed by atoms with Crippen LogP contribution in [0, 0.1) is 0 Å². The van der Waals surface area contributed by atoms with E-state index < -0.39 is 0 Å². The van der Waals surface area contributed by atoms with E-state index in [9.17, 15) is 9.59 Å². The van der Waals surface area contributed by atoms with Crippen LogP contribution in [-0.2, 0) is 9.59 Å². The average Bonchev–Trinajstić information content (AvgIpc) is 3.33. The van der Waals surface area contributed by atoms with E-state index in [4.69, 9.17) is 4.74 Å². The van der Waals surface area contributed by atoms with Crippen LogP contribution in [0.5, 0.6) is 5.75 Å². The normalized spacial score (nSPS) is 20.3. The molecule has 2 fully saturated rings. The van der Waals surface area contributed by atoms with Crippen molar-refractivity contribution in [2.24, 2.45) is 0 Å². The highest BCUT2D eigenvalue weighted by Crippen LogP contribution is 2.32. The van der Waals surface area contributed by atoms with Crippen LogP contribution in [0.15, 0.2) is 24.3 Å². The van der Waals surface area contributed by atoms with E-state index in [1.807, 2.05) is 24.0 Å². The molecule has 2 amide bonds. The van der Waals surface area contributed by atoms with Gasteiger partial charge in [-0.05, 0) is 56.8 Å². The van der Waals surface area contributed by atoms with Crippen molar-refractivity contribution in [3.05, 3.63) is 29.8 Å². The van der Waals surface area contributed by atoms with Crippen molar-refractivity contribution in [2.75, 3.05) is 39.3 Å². The van der Waals surface area contributed by atoms with E-state index in [0.717, 1.165) is 51.1 Å². The molecule has 26 heavy (non-hydrogen) atoms. The van der Waals surface area contributed by atoms with Crippen LogP contribution in [-0.4, -0.2) is 60.9 Å². The van der Waals surface area contributed by atoms with Gasteiger partial charge in [0.25, 0.3) is 0 Å². The van der Waals surface area contributed by atoms with Crippen LogP contribution in [0.4, 0.5) is 0 Å². The van der Waals surface area contributed by atoms with Crippen LogP contribution in [0.3, 0.4) is 0 Å². The molecule has 2 aliphatic heterocycles. The first-order valence-electron chi connectivity index (χ1n) is 9.68. The maximum Gasteiger partial charge on any atom is 0.241 e. The van der Waals surface area contributed by atoms with Crippen molar-refractivity contribution in [3.8, 4) is 5.75 Å². The molecule has 0 bridgehead atoms. The standard InChI is InChI=1S/C20H29N3O3/c1-2-26-17-9-7-16(8-10-17)18-6-5-13-23(18)15-19(24)21-14-20(25)22-11-3-4-12-22/h7-10,18H,2-6,11-15H2,1H3,(H,21,24). The van der Waals surface area contributed by atoms with Gasteiger partial charge >= 0.3 is 0 Å². The second-order valence-corrected chi connectivity index (χ2v) is 7.00. The molecule has 142 valence electrons. The number of carbonyl (C=O) groups is 2. The fourth-order valence-corrected chi connectivity index (χ4v) is 3.84. The van der Waals surface area contributed by atoms with Gasteiger partial charge in [-0.2, -0.15) is 0 Å². The summed E-state index contributed by atoms with van der Waals surface area (Å²) in [5.74, 6) is 0.828. The molecule has 1 aromatic rings. The number of nitrogens with zero attached hydrogens (tertiary/aromatic N) is 2. The molecule has 2 heterocycles.